The fourth-order valence-corrected chi connectivity index (χ4v) is 3.89. The number of aromatic carboxylic acids is 1. The van der Waals surface area contributed by atoms with E-state index in [0.29, 0.717) is 18.8 Å². The predicted octanol–water partition coefficient (Wildman–Crippen LogP) is 3.76. The molecule has 0 spiro atoms. The first kappa shape index (κ1) is 17.2. The van der Waals surface area contributed by atoms with Crippen LogP contribution in [0.2, 0.25) is 0 Å². The first-order valence-corrected chi connectivity index (χ1v) is 9.33. The van der Waals surface area contributed by atoms with Crippen molar-refractivity contribution < 1.29 is 9.90 Å². The van der Waals surface area contributed by atoms with Crippen molar-refractivity contribution in [2.24, 2.45) is 0 Å². The maximum atomic E-state index is 12.4. The van der Waals surface area contributed by atoms with Gasteiger partial charge in [-0.3, -0.25) is 9.48 Å². The van der Waals surface area contributed by atoms with E-state index in [2.05, 4.69) is 0 Å². The summed E-state index contributed by atoms with van der Waals surface area (Å²) >= 11 is 0. The third-order valence-corrected chi connectivity index (χ3v) is 5.22. The SMILES string of the molecule is O=C(O)c1cn2c(cc1=O)-c1c(-c3ccccc3)c(-c3ccccc3)nn1CC2. The molecule has 0 saturated carbocycles. The van der Waals surface area contributed by atoms with Crippen LogP contribution in [0.15, 0.2) is 77.7 Å². The quantitative estimate of drug-likeness (QED) is 0.584. The van der Waals surface area contributed by atoms with E-state index in [4.69, 9.17) is 5.10 Å². The van der Waals surface area contributed by atoms with E-state index >= 15 is 0 Å². The van der Waals surface area contributed by atoms with Gasteiger partial charge in [-0.25, -0.2) is 4.79 Å². The molecule has 2 aromatic carbocycles. The topological polar surface area (TPSA) is 77.1 Å². The predicted molar refractivity (Wildman–Crippen MR) is 110 cm³/mol. The van der Waals surface area contributed by atoms with Crippen LogP contribution in [0.25, 0.3) is 33.8 Å². The van der Waals surface area contributed by atoms with Crippen molar-refractivity contribution in [1.29, 1.82) is 0 Å². The minimum Gasteiger partial charge on any atom is -0.477 e. The molecule has 3 heterocycles. The highest BCUT2D eigenvalue weighted by atomic mass is 16.4. The summed E-state index contributed by atoms with van der Waals surface area (Å²) in [5, 5.41) is 14.2. The average Bonchev–Trinajstić information content (AvgIpc) is 3.14. The second-order valence-corrected chi connectivity index (χ2v) is 6.96. The summed E-state index contributed by atoms with van der Waals surface area (Å²) in [6.07, 6.45) is 1.44. The molecule has 1 aliphatic heterocycles. The van der Waals surface area contributed by atoms with E-state index in [0.717, 1.165) is 28.1 Å². The van der Waals surface area contributed by atoms with Crippen LogP contribution in [0.1, 0.15) is 10.4 Å². The zero-order valence-corrected chi connectivity index (χ0v) is 15.4. The lowest BCUT2D eigenvalue weighted by Crippen LogP contribution is -2.24. The minimum atomic E-state index is -1.21. The van der Waals surface area contributed by atoms with Crippen molar-refractivity contribution in [3.63, 3.8) is 0 Å². The number of carbonyl (C=O) groups is 1. The van der Waals surface area contributed by atoms with Gasteiger partial charge in [0.2, 0.25) is 0 Å². The maximum Gasteiger partial charge on any atom is 0.341 e. The summed E-state index contributed by atoms with van der Waals surface area (Å²) in [6, 6.07) is 21.3. The van der Waals surface area contributed by atoms with Crippen LogP contribution in [0.5, 0.6) is 0 Å². The maximum absolute atomic E-state index is 12.4. The Bertz CT molecular complexity index is 1290. The molecule has 0 atom stereocenters. The van der Waals surface area contributed by atoms with Gasteiger partial charge < -0.3 is 9.67 Å². The van der Waals surface area contributed by atoms with Crippen molar-refractivity contribution >= 4 is 5.97 Å². The molecule has 2 aromatic heterocycles. The summed E-state index contributed by atoms with van der Waals surface area (Å²) in [7, 11) is 0. The summed E-state index contributed by atoms with van der Waals surface area (Å²) < 4.78 is 3.75. The highest BCUT2D eigenvalue weighted by molar-refractivity contribution is 5.92. The van der Waals surface area contributed by atoms with Crippen LogP contribution in [-0.2, 0) is 13.1 Å². The van der Waals surface area contributed by atoms with Gasteiger partial charge in [0.1, 0.15) is 11.3 Å². The van der Waals surface area contributed by atoms with E-state index in [1.807, 2.05) is 69.9 Å². The standard InChI is InChI=1S/C23H17N3O3/c27-19-13-18-22-20(15-7-3-1-4-8-15)21(16-9-5-2-6-10-16)24-26(22)12-11-25(18)14-17(19)23(28)29/h1-10,13-14H,11-12H2,(H,28,29). The lowest BCUT2D eigenvalue weighted by atomic mass is 9.96. The number of hydrogen-bond donors (Lipinski definition) is 1. The Morgan fingerprint density at radius 3 is 2.24 bits per heavy atom. The van der Waals surface area contributed by atoms with Crippen LogP contribution in [0, 0.1) is 0 Å². The smallest absolute Gasteiger partial charge is 0.341 e. The highest BCUT2D eigenvalue weighted by Gasteiger charge is 2.27. The number of benzene rings is 2. The van der Waals surface area contributed by atoms with E-state index in [1.165, 1.54) is 12.3 Å². The first-order chi connectivity index (χ1) is 14.1. The van der Waals surface area contributed by atoms with E-state index in [-0.39, 0.29) is 5.56 Å². The third-order valence-electron chi connectivity index (χ3n) is 5.22. The molecule has 1 N–H and O–H groups in total. The number of aryl methyl sites for hydroxylation is 2. The van der Waals surface area contributed by atoms with E-state index in [1.54, 1.807) is 0 Å². The van der Waals surface area contributed by atoms with Crippen molar-refractivity contribution in [2.45, 2.75) is 13.1 Å². The molecule has 142 valence electrons. The zero-order valence-electron chi connectivity index (χ0n) is 15.4. The second kappa shape index (κ2) is 6.60. The largest absolute Gasteiger partial charge is 0.477 e. The number of carboxylic acid groups (broad SMARTS) is 1. The van der Waals surface area contributed by atoms with Crippen LogP contribution >= 0.6 is 0 Å². The molecule has 0 aliphatic carbocycles. The number of aromatic nitrogens is 3. The molecule has 6 nitrogen and oxygen atoms in total. The lowest BCUT2D eigenvalue weighted by molar-refractivity contribution is 0.0694. The van der Waals surface area contributed by atoms with Gasteiger partial charge in [-0.05, 0) is 5.56 Å². The molecular weight excluding hydrogens is 366 g/mol. The van der Waals surface area contributed by atoms with Gasteiger partial charge >= 0.3 is 5.97 Å². The molecule has 4 aromatic rings. The summed E-state index contributed by atoms with van der Waals surface area (Å²) in [4.78, 5) is 23.8. The van der Waals surface area contributed by atoms with Crippen LogP contribution in [-0.4, -0.2) is 25.4 Å². The fraction of sp³-hybridized carbons (Fsp3) is 0.0870. The molecular formula is C23H17N3O3. The Kier molecular flexibility index (Phi) is 3.91. The third kappa shape index (κ3) is 2.77. The molecule has 5 rings (SSSR count). The number of carboxylic acids is 1. The zero-order chi connectivity index (χ0) is 20.0. The summed E-state index contributed by atoms with van der Waals surface area (Å²) in [5.41, 5.74) is 4.56. The molecule has 0 amide bonds. The Balaban J connectivity index is 1.83. The van der Waals surface area contributed by atoms with Crippen molar-refractivity contribution in [1.82, 2.24) is 14.3 Å². The van der Waals surface area contributed by atoms with Gasteiger partial charge in [0.25, 0.3) is 0 Å². The number of pyridine rings is 1. The monoisotopic (exact) mass is 383 g/mol. The Morgan fingerprint density at radius 1 is 0.931 bits per heavy atom. The first-order valence-electron chi connectivity index (χ1n) is 9.33. The molecule has 0 unspecified atom stereocenters. The Morgan fingerprint density at radius 2 is 1.59 bits per heavy atom. The van der Waals surface area contributed by atoms with Crippen LogP contribution in [0.4, 0.5) is 0 Å². The number of rotatable bonds is 3. The molecule has 0 fully saturated rings. The highest BCUT2D eigenvalue weighted by Crippen LogP contribution is 2.41. The van der Waals surface area contributed by atoms with Gasteiger partial charge in [0, 0.05) is 29.9 Å². The molecule has 6 heteroatoms. The summed E-state index contributed by atoms with van der Waals surface area (Å²) in [6.45, 7) is 1.14. The van der Waals surface area contributed by atoms with Crippen molar-refractivity contribution in [3.05, 3.63) is 88.7 Å². The molecule has 0 saturated heterocycles. The Labute approximate surface area is 166 Å². The normalized spacial score (nSPS) is 12.3. The molecule has 1 aliphatic rings. The Hall–Kier alpha value is -3.93. The molecule has 0 bridgehead atoms. The van der Waals surface area contributed by atoms with Crippen LogP contribution < -0.4 is 5.43 Å². The summed E-state index contributed by atoms with van der Waals surface area (Å²) in [5.74, 6) is -1.21. The molecule has 29 heavy (non-hydrogen) atoms. The van der Waals surface area contributed by atoms with Gasteiger partial charge in [0.05, 0.1) is 17.9 Å². The fourth-order valence-electron chi connectivity index (χ4n) is 3.89. The average molecular weight is 383 g/mol. The van der Waals surface area contributed by atoms with E-state index < -0.39 is 11.4 Å². The number of nitrogens with zero attached hydrogens (tertiary/aromatic N) is 3. The van der Waals surface area contributed by atoms with Crippen molar-refractivity contribution in [2.75, 3.05) is 0 Å². The number of hydrogen-bond acceptors (Lipinski definition) is 3. The van der Waals surface area contributed by atoms with Gasteiger partial charge in [-0.1, -0.05) is 60.7 Å². The number of fused-ring (bicyclic) bond motifs is 3. The lowest BCUT2D eigenvalue weighted by Gasteiger charge is -2.22. The van der Waals surface area contributed by atoms with E-state index in [9.17, 15) is 14.7 Å². The van der Waals surface area contributed by atoms with Crippen LogP contribution in [0.3, 0.4) is 0 Å². The van der Waals surface area contributed by atoms with Gasteiger partial charge in [0.15, 0.2) is 5.43 Å². The van der Waals surface area contributed by atoms with Gasteiger partial charge in [-0.15, -0.1) is 0 Å². The second-order valence-electron chi connectivity index (χ2n) is 6.96. The van der Waals surface area contributed by atoms with Gasteiger partial charge in [-0.2, -0.15) is 5.10 Å². The molecule has 0 radical (unpaired) electrons. The minimum absolute atomic E-state index is 0.216. The van der Waals surface area contributed by atoms with Crippen molar-refractivity contribution in [3.8, 4) is 33.8 Å².